The van der Waals surface area contributed by atoms with Gasteiger partial charge in [-0.3, -0.25) is 4.84 Å². The molecule has 202 valence electrons. The number of likely N-dealkylation sites (tertiary alicyclic amines) is 1. The van der Waals surface area contributed by atoms with Gasteiger partial charge in [0.15, 0.2) is 6.23 Å². The second kappa shape index (κ2) is 11.3. The van der Waals surface area contributed by atoms with Crippen LogP contribution >= 0.6 is 0 Å². The summed E-state index contributed by atoms with van der Waals surface area (Å²) in [5, 5.41) is 4.83. The van der Waals surface area contributed by atoms with Crippen molar-refractivity contribution in [2.75, 3.05) is 31.4 Å². The molecule has 1 aromatic rings. The van der Waals surface area contributed by atoms with Crippen molar-refractivity contribution in [3.63, 3.8) is 0 Å². The lowest BCUT2D eigenvalue weighted by atomic mass is 9.69. The van der Waals surface area contributed by atoms with Crippen molar-refractivity contribution in [1.29, 1.82) is 0 Å². The lowest BCUT2D eigenvalue weighted by Gasteiger charge is -2.44. The Kier molecular flexibility index (Phi) is 8.29. The molecule has 37 heavy (non-hydrogen) atoms. The fraction of sp³-hybridized carbons (Fsp3) is 0.552. The molecule has 1 spiro atoms. The molecular formula is C29H40FN3O4. The van der Waals surface area contributed by atoms with Crippen LogP contribution in [0.15, 0.2) is 60.4 Å². The summed E-state index contributed by atoms with van der Waals surface area (Å²) in [6.45, 7) is 13.6. The topological polar surface area (TPSA) is 63.3 Å². The van der Waals surface area contributed by atoms with E-state index in [1.54, 1.807) is 6.07 Å². The summed E-state index contributed by atoms with van der Waals surface area (Å²) in [4.78, 5) is 21.2. The smallest absolute Gasteiger partial charge is 0.320 e. The number of nitrogens with one attached hydrogen (secondary N) is 1. The zero-order valence-electron chi connectivity index (χ0n) is 22.5. The molecule has 2 unspecified atom stereocenters. The molecule has 2 aliphatic heterocycles. The van der Waals surface area contributed by atoms with Crippen LogP contribution in [0, 0.1) is 11.2 Å². The molecule has 4 rings (SSSR count). The number of carbonyl (C=O) groups is 1. The van der Waals surface area contributed by atoms with Gasteiger partial charge in [0.25, 0.3) is 0 Å². The van der Waals surface area contributed by atoms with Gasteiger partial charge >= 0.3 is 6.03 Å². The molecule has 1 aromatic carbocycles. The number of rotatable bonds is 7. The average Bonchev–Trinajstić information content (AvgIpc) is 3.21. The summed E-state index contributed by atoms with van der Waals surface area (Å²) in [5.41, 5.74) is 2.85. The molecular weight excluding hydrogens is 473 g/mol. The normalized spacial score (nSPS) is 22.4. The van der Waals surface area contributed by atoms with E-state index in [-0.39, 0.29) is 35.5 Å². The summed E-state index contributed by atoms with van der Waals surface area (Å²) in [7, 11) is 0. The fourth-order valence-electron chi connectivity index (χ4n) is 5.33. The third-order valence-corrected chi connectivity index (χ3v) is 7.37. The number of amides is 2. The van der Waals surface area contributed by atoms with Crippen LogP contribution in [0.1, 0.15) is 53.4 Å². The highest BCUT2D eigenvalue weighted by molar-refractivity contribution is 5.74. The van der Waals surface area contributed by atoms with Crippen molar-refractivity contribution in [3.05, 3.63) is 66.2 Å². The number of halogens is 1. The number of hydroxylamine groups is 1. The van der Waals surface area contributed by atoms with Crippen molar-refractivity contribution >= 4 is 11.7 Å². The largest absolute Gasteiger partial charge is 0.476 e. The maximum atomic E-state index is 14.1. The number of benzene rings is 1. The summed E-state index contributed by atoms with van der Waals surface area (Å²) in [5.74, 6) is -0.285. The average molecular weight is 514 g/mol. The highest BCUT2D eigenvalue weighted by atomic mass is 19.1. The first-order valence-corrected chi connectivity index (χ1v) is 13.1. The Morgan fingerprint density at radius 1 is 1.30 bits per heavy atom. The molecule has 0 bridgehead atoms. The van der Waals surface area contributed by atoms with Crippen molar-refractivity contribution < 1.29 is 23.5 Å². The van der Waals surface area contributed by atoms with E-state index in [0.717, 1.165) is 31.4 Å². The molecule has 2 fully saturated rings. The lowest BCUT2D eigenvalue weighted by molar-refractivity contribution is -0.0590. The number of nitrogens with zero attached hydrogens (tertiary/aromatic N) is 2. The van der Waals surface area contributed by atoms with Gasteiger partial charge in [-0.15, -0.1) is 0 Å². The Bertz CT molecular complexity index is 1040. The molecule has 8 heteroatoms. The number of carbonyl (C=O) groups excluding carboxylic acids is 1. The van der Waals surface area contributed by atoms with E-state index < -0.39 is 6.23 Å². The van der Waals surface area contributed by atoms with E-state index in [9.17, 15) is 9.18 Å². The van der Waals surface area contributed by atoms with E-state index in [1.165, 1.54) is 29.5 Å². The second-order valence-electron chi connectivity index (χ2n) is 11.2. The number of hydrogen-bond donors (Lipinski definition) is 1. The summed E-state index contributed by atoms with van der Waals surface area (Å²) in [6, 6.07) is 6.38. The van der Waals surface area contributed by atoms with Crippen molar-refractivity contribution in [3.8, 4) is 0 Å². The van der Waals surface area contributed by atoms with Gasteiger partial charge in [0, 0.05) is 18.5 Å². The van der Waals surface area contributed by atoms with Gasteiger partial charge in [-0.1, -0.05) is 30.4 Å². The van der Waals surface area contributed by atoms with Gasteiger partial charge in [-0.2, -0.15) is 0 Å². The lowest BCUT2D eigenvalue weighted by Crippen LogP contribution is -2.54. The van der Waals surface area contributed by atoms with Crippen molar-refractivity contribution in [1.82, 2.24) is 10.2 Å². The number of urea groups is 1. The van der Waals surface area contributed by atoms with E-state index in [0.29, 0.717) is 19.7 Å². The zero-order chi connectivity index (χ0) is 26.6. The van der Waals surface area contributed by atoms with Crippen LogP contribution in [0.25, 0.3) is 0 Å². The molecule has 2 heterocycles. The summed E-state index contributed by atoms with van der Waals surface area (Å²) >= 11 is 0. The van der Waals surface area contributed by atoms with Crippen LogP contribution in [0.4, 0.5) is 14.9 Å². The molecule has 2 amide bonds. The van der Waals surface area contributed by atoms with Crippen molar-refractivity contribution in [2.45, 2.75) is 71.2 Å². The summed E-state index contributed by atoms with van der Waals surface area (Å²) < 4.78 is 25.4. The Balaban J connectivity index is 1.47. The predicted octanol–water partition coefficient (Wildman–Crippen LogP) is 5.71. The van der Waals surface area contributed by atoms with Crippen LogP contribution in [-0.2, 0) is 14.3 Å². The van der Waals surface area contributed by atoms with E-state index in [4.69, 9.17) is 14.3 Å². The van der Waals surface area contributed by atoms with Crippen LogP contribution < -0.4 is 10.4 Å². The van der Waals surface area contributed by atoms with Gasteiger partial charge in [0.2, 0.25) is 0 Å². The molecule has 2 saturated heterocycles. The molecule has 0 aromatic heterocycles. The van der Waals surface area contributed by atoms with Crippen LogP contribution in [0.2, 0.25) is 0 Å². The quantitative estimate of drug-likeness (QED) is 0.374. The minimum absolute atomic E-state index is 0.0131. The Labute approximate surface area is 219 Å². The molecule has 1 N–H and O–H groups in total. The SMILES string of the molecule is C=COC(COC(C)(C)C)NC(=O)N1CCC2(CC1)CON(c1cccc(F)c1)C2C1=CC=C(C)CC1. The first kappa shape index (κ1) is 27.2. The number of anilines is 1. The third kappa shape index (κ3) is 6.54. The second-order valence-corrected chi connectivity index (χ2v) is 11.2. The molecule has 0 saturated carbocycles. The number of ether oxygens (including phenoxy) is 2. The summed E-state index contributed by atoms with van der Waals surface area (Å²) in [6.07, 6.45) is 8.60. The molecule has 1 aliphatic carbocycles. The highest BCUT2D eigenvalue weighted by Crippen LogP contribution is 2.48. The minimum atomic E-state index is -0.617. The third-order valence-electron chi connectivity index (χ3n) is 7.37. The van der Waals surface area contributed by atoms with Gasteiger partial charge in [-0.05, 0) is 77.2 Å². The van der Waals surface area contributed by atoms with Crippen LogP contribution in [0.5, 0.6) is 0 Å². The maximum Gasteiger partial charge on any atom is 0.320 e. The fourth-order valence-corrected chi connectivity index (χ4v) is 5.33. The first-order valence-electron chi connectivity index (χ1n) is 13.1. The van der Waals surface area contributed by atoms with Crippen LogP contribution in [-0.4, -0.2) is 55.1 Å². The monoisotopic (exact) mass is 513 g/mol. The number of hydrogen-bond acceptors (Lipinski definition) is 5. The van der Waals surface area contributed by atoms with E-state index in [1.807, 2.05) is 36.8 Å². The Morgan fingerprint density at radius 2 is 2.05 bits per heavy atom. The predicted molar refractivity (Wildman–Crippen MR) is 142 cm³/mol. The number of allylic oxidation sites excluding steroid dienone is 3. The molecule has 3 aliphatic rings. The maximum absolute atomic E-state index is 14.1. The molecule has 7 nitrogen and oxygen atoms in total. The Morgan fingerprint density at radius 3 is 2.68 bits per heavy atom. The van der Waals surface area contributed by atoms with Gasteiger partial charge in [0.05, 0.1) is 30.2 Å². The van der Waals surface area contributed by atoms with E-state index >= 15 is 0 Å². The standard InChI is InChI=1S/C29H40FN3O4/c1-6-35-25(19-36-28(3,4)5)31-27(34)32-16-14-29(15-17-32)20-37-33(24-9-7-8-23(30)18-24)26(29)22-12-10-21(2)11-13-22/h6-10,12,18,25-26H,1,11,13-17,19-20H2,2-5H3,(H,31,34). The van der Waals surface area contributed by atoms with Gasteiger partial charge in [-0.25, -0.2) is 14.2 Å². The van der Waals surface area contributed by atoms with Crippen LogP contribution in [0.3, 0.4) is 0 Å². The minimum Gasteiger partial charge on any atom is -0.476 e. The zero-order valence-corrected chi connectivity index (χ0v) is 22.5. The van der Waals surface area contributed by atoms with Gasteiger partial charge < -0.3 is 19.7 Å². The first-order chi connectivity index (χ1) is 17.6. The molecule has 0 radical (unpaired) electrons. The highest BCUT2D eigenvalue weighted by Gasteiger charge is 2.52. The van der Waals surface area contributed by atoms with E-state index in [2.05, 4.69) is 31.0 Å². The van der Waals surface area contributed by atoms with Gasteiger partial charge in [0.1, 0.15) is 12.4 Å². The number of piperidine rings is 1. The Hall–Kier alpha value is -2.84. The molecule has 2 atom stereocenters. The van der Waals surface area contributed by atoms with Crippen molar-refractivity contribution in [2.24, 2.45) is 5.41 Å².